The van der Waals surface area contributed by atoms with Gasteiger partial charge in [0.05, 0.1) is 11.6 Å². The van der Waals surface area contributed by atoms with Crippen LogP contribution in [0.15, 0.2) is 11.2 Å². The average Bonchev–Trinajstić information content (AvgIpc) is 2.88. The molecule has 128 valence electrons. The van der Waals surface area contributed by atoms with Crippen molar-refractivity contribution in [2.75, 3.05) is 19.7 Å². The fraction of sp³-hybridized carbons (Fsp3) is 0.733. The van der Waals surface area contributed by atoms with Gasteiger partial charge >= 0.3 is 0 Å². The molecule has 0 spiro atoms. The molecule has 0 aliphatic heterocycles. The van der Waals surface area contributed by atoms with E-state index in [1.165, 1.54) is 4.88 Å². The molecule has 0 saturated carbocycles. The van der Waals surface area contributed by atoms with E-state index in [0.717, 1.165) is 43.3 Å². The number of guanidine groups is 1. The van der Waals surface area contributed by atoms with Crippen molar-refractivity contribution in [3.05, 3.63) is 16.1 Å². The van der Waals surface area contributed by atoms with Crippen LogP contribution in [0.1, 0.15) is 43.0 Å². The second kappa shape index (κ2) is 13.1. The summed E-state index contributed by atoms with van der Waals surface area (Å²) in [4.78, 5) is 10.0. The van der Waals surface area contributed by atoms with Gasteiger partial charge in [0.1, 0.15) is 0 Å². The molecule has 1 aromatic rings. The lowest BCUT2D eigenvalue weighted by atomic mass is 10.0. The smallest absolute Gasteiger partial charge is 0.191 e. The fourth-order valence-corrected chi connectivity index (χ4v) is 2.88. The van der Waals surface area contributed by atoms with Crippen LogP contribution in [-0.4, -0.2) is 35.7 Å². The molecule has 1 unspecified atom stereocenters. The molecule has 1 heterocycles. The number of aliphatic hydroxyl groups excluding tert-OH is 1. The summed E-state index contributed by atoms with van der Waals surface area (Å²) in [6.45, 7) is 8.83. The van der Waals surface area contributed by atoms with Crippen molar-refractivity contribution >= 4 is 41.3 Å². The highest BCUT2D eigenvalue weighted by molar-refractivity contribution is 14.0. The van der Waals surface area contributed by atoms with Crippen molar-refractivity contribution in [3.8, 4) is 0 Å². The van der Waals surface area contributed by atoms with E-state index < -0.39 is 0 Å². The molecule has 0 amide bonds. The van der Waals surface area contributed by atoms with E-state index >= 15 is 0 Å². The highest BCUT2D eigenvalue weighted by Gasteiger charge is 2.08. The van der Waals surface area contributed by atoms with Crippen molar-refractivity contribution < 1.29 is 5.11 Å². The number of rotatable bonds is 9. The largest absolute Gasteiger partial charge is 0.396 e. The van der Waals surface area contributed by atoms with Gasteiger partial charge in [0, 0.05) is 30.8 Å². The molecule has 7 heteroatoms. The summed E-state index contributed by atoms with van der Waals surface area (Å²) in [5.41, 5.74) is 0. The van der Waals surface area contributed by atoms with Gasteiger partial charge in [0.25, 0.3) is 0 Å². The Labute approximate surface area is 155 Å². The Kier molecular flexibility index (Phi) is 12.8. The van der Waals surface area contributed by atoms with Crippen LogP contribution >= 0.6 is 35.3 Å². The number of nitrogens with zero attached hydrogens (tertiary/aromatic N) is 2. The molecule has 3 N–H and O–H groups in total. The van der Waals surface area contributed by atoms with E-state index in [9.17, 15) is 0 Å². The Morgan fingerprint density at radius 3 is 2.68 bits per heavy atom. The highest BCUT2D eigenvalue weighted by atomic mass is 127. The van der Waals surface area contributed by atoms with Crippen LogP contribution in [0.2, 0.25) is 0 Å². The van der Waals surface area contributed by atoms with E-state index in [2.05, 4.69) is 34.5 Å². The molecule has 1 rings (SSSR count). The predicted octanol–water partition coefficient (Wildman–Crippen LogP) is 2.92. The Morgan fingerprint density at radius 1 is 1.36 bits per heavy atom. The zero-order valence-corrected chi connectivity index (χ0v) is 16.9. The molecule has 0 saturated heterocycles. The SMILES string of the molecule is CCCC(CCO)CNC(=NCc1cnc(C)s1)NCC.I. The number of hydrogen-bond acceptors (Lipinski definition) is 4. The normalized spacial score (nSPS) is 12.6. The zero-order valence-electron chi connectivity index (χ0n) is 13.8. The lowest BCUT2D eigenvalue weighted by molar-refractivity contribution is 0.251. The summed E-state index contributed by atoms with van der Waals surface area (Å²) < 4.78 is 0. The Hall–Kier alpha value is -0.410. The van der Waals surface area contributed by atoms with Crippen LogP contribution in [0.5, 0.6) is 0 Å². The molecule has 0 fully saturated rings. The quantitative estimate of drug-likeness (QED) is 0.314. The van der Waals surface area contributed by atoms with Gasteiger partial charge in [-0.1, -0.05) is 13.3 Å². The van der Waals surface area contributed by atoms with Crippen molar-refractivity contribution in [1.82, 2.24) is 15.6 Å². The number of aromatic nitrogens is 1. The van der Waals surface area contributed by atoms with Crippen LogP contribution in [0.25, 0.3) is 0 Å². The number of aliphatic hydroxyl groups is 1. The van der Waals surface area contributed by atoms with E-state index in [1.807, 2.05) is 13.1 Å². The van der Waals surface area contributed by atoms with Crippen molar-refractivity contribution in [1.29, 1.82) is 0 Å². The van der Waals surface area contributed by atoms with Gasteiger partial charge in [-0.3, -0.25) is 0 Å². The average molecular weight is 440 g/mol. The second-order valence-electron chi connectivity index (χ2n) is 5.09. The first-order chi connectivity index (χ1) is 10.2. The standard InChI is InChI=1S/C15H28N4OS.HI/c1-4-6-13(7-8-20)9-18-15(16-5-2)19-11-14-10-17-12(3)21-14;/h10,13,20H,4-9,11H2,1-3H3,(H2,16,18,19);1H. The van der Waals surface area contributed by atoms with Crippen LogP contribution in [0.4, 0.5) is 0 Å². The molecular formula is C15H29IN4OS. The minimum absolute atomic E-state index is 0. The van der Waals surface area contributed by atoms with Crippen LogP contribution in [-0.2, 0) is 6.54 Å². The summed E-state index contributed by atoms with van der Waals surface area (Å²) in [7, 11) is 0. The van der Waals surface area contributed by atoms with Gasteiger partial charge in [-0.25, -0.2) is 9.98 Å². The number of aliphatic imine (C=N–C) groups is 1. The number of thiazole rings is 1. The molecule has 0 bridgehead atoms. The van der Waals surface area contributed by atoms with Crippen LogP contribution in [0.3, 0.4) is 0 Å². The van der Waals surface area contributed by atoms with Crippen molar-refractivity contribution in [3.63, 3.8) is 0 Å². The van der Waals surface area contributed by atoms with Crippen LogP contribution < -0.4 is 10.6 Å². The Balaban J connectivity index is 0.00000441. The molecular weight excluding hydrogens is 411 g/mol. The lowest BCUT2D eigenvalue weighted by Crippen LogP contribution is -2.40. The topological polar surface area (TPSA) is 69.5 Å². The third-order valence-corrected chi connectivity index (χ3v) is 4.10. The summed E-state index contributed by atoms with van der Waals surface area (Å²) in [6, 6.07) is 0. The molecule has 0 aliphatic rings. The lowest BCUT2D eigenvalue weighted by Gasteiger charge is -2.18. The number of hydrogen-bond donors (Lipinski definition) is 3. The summed E-state index contributed by atoms with van der Waals surface area (Å²) in [5, 5.41) is 16.8. The fourth-order valence-electron chi connectivity index (χ4n) is 2.16. The van der Waals surface area contributed by atoms with Gasteiger partial charge in [-0.05, 0) is 32.6 Å². The molecule has 5 nitrogen and oxygen atoms in total. The van der Waals surface area contributed by atoms with Crippen molar-refractivity contribution in [2.45, 2.75) is 46.6 Å². The summed E-state index contributed by atoms with van der Waals surface area (Å²) in [6.07, 6.45) is 4.99. The first kappa shape index (κ1) is 21.6. The third kappa shape index (κ3) is 8.89. The van der Waals surface area contributed by atoms with E-state index in [4.69, 9.17) is 5.11 Å². The van der Waals surface area contributed by atoms with Gasteiger partial charge in [-0.2, -0.15) is 0 Å². The summed E-state index contributed by atoms with van der Waals surface area (Å²) >= 11 is 1.68. The number of nitrogens with one attached hydrogen (secondary N) is 2. The second-order valence-corrected chi connectivity index (χ2v) is 6.41. The van der Waals surface area contributed by atoms with Gasteiger partial charge in [-0.15, -0.1) is 35.3 Å². The van der Waals surface area contributed by atoms with Gasteiger partial charge in [0.15, 0.2) is 5.96 Å². The van der Waals surface area contributed by atoms with E-state index in [-0.39, 0.29) is 30.6 Å². The van der Waals surface area contributed by atoms with E-state index in [1.54, 1.807) is 11.3 Å². The predicted molar refractivity (Wildman–Crippen MR) is 105 cm³/mol. The molecule has 22 heavy (non-hydrogen) atoms. The maximum absolute atomic E-state index is 9.11. The molecule has 0 aromatic carbocycles. The van der Waals surface area contributed by atoms with E-state index in [0.29, 0.717) is 12.5 Å². The van der Waals surface area contributed by atoms with Crippen molar-refractivity contribution in [2.24, 2.45) is 10.9 Å². The minimum atomic E-state index is 0. The maximum atomic E-state index is 9.11. The third-order valence-electron chi connectivity index (χ3n) is 3.20. The van der Waals surface area contributed by atoms with Gasteiger partial charge < -0.3 is 15.7 Å². The summed E-state index contributed by atoms with van der Waals surface area (Å²) in [5.74, 6) is 1.33. The maximum Gasteiger partial charge on any atom is 0.191 e. The number of halogens is 1. The molecule has 0 radical (unpaired) electrons. The molecule has 1 atom stereocenters. The zero-order chi connectivity index (χ0) is 15.5. The van der Waals surface area contributed by atoms with Gasteiger partial charge in [0.2, 0.25) is 0 Å². The van der Waals surface area contributed by atoms with Crippen LogP contribution in [0, 0.1) is 12.8 Å². The first-order valence-corrected chi connectivity index (χ1v) is 8.55. The first-order valence-electron chi connectivity index (χ1n) is 7.73. The highest BCUT2D eigenvalue weighted by Crippen LogP contribution is 2.12. The molecule has 1 aromatic heterocycles. The Bertz CT molecular complexity index is 419. The Morgan fingerprint density at radius 2 is 2.14 bits per heavy atom. The number of aryl methyl sites for hydroxylation is 1. The molecule has 0 aliphatic carbocycles. The minimum Gasteiger partial charge on any atom is -0.396 e. The monoisotopic (exact) mass is 440 g/mol.